The fraction of sp³-hybridized carbons (Fsp3) is 0.143. The fourth-order valence-corrected chi connectivity index (χ4v) is 2.75. The number of aldehydes is 2. The second-order valence-electron chi connectivity index (χ2n) is 6.95. The zero-order chi connectivity index (χ0) is 30.6. The van der Waals surface area contributed by atoms with E-state index in [0.29, 0.717) is 12.2 Å². The van der Waals surface area contributed by atoms with Crippen LogP contribution in [0, 0.1) is 0 Å². The predicted octanol–water partition coefficient (Wildman–Crippen LogP) is 6.39. The van der Waals surface area contributed by atoms with Gasteiger partial charge in [0.25, 0.3) is 6.01 Å². The van der Waals surface area contributed by atoms with Crippen molar-refractivity contribution in [3.05, 3.63) is 108 Å². The molecule has 1 atom stereocenters. The Bertz CT molecular complexity index is 1150. The molecule has 0 aliphatic heterocycles. The number of carbonyl (C=O) groups is 3. The minimum absolute atomic E-state index is 0.159. The summed E-state index contributed by atoms with van der Waals surface area (Å²) >= 11 is 8.72. The minimum Gasteiger partial charge on any atom is -0.424 e. The highest BCUT2D eigenvalue weighted by Gasteiger charge is 2.02. The number of aliphatic hydroxyl groups excluding tert-OH is 1. The zero-order valence-electron chi connectivity index (χ0n) is 21.8. The normalized spacial score (nSPS) is 9.32. The Morgan fingerprint density at radius 2 is 1.35 bits per heavy atom. The number of benzene rings is 3. The molecule has 40 heavy (non-hydrogen) atoms. The maximum Gasteiger partial charge on any atom is 0.309 e. The molecule has 4 aromatic rings. The first-order valence-corrected chi connectivity index (χ1v) is 16.1. The van der Waals surface area contributed by atoms with E-state index in [4.69, 9.17) is 20.1 Å². The SMILES string of the molecule is BrBr.CCO.NC(N)=O.Nc1ncc(-c2ccccc2)o1.O=CC(Br)c1ccccc1.O=CCc1ccccc1. The summed E-state index contributed by atoms with van der Waals surface area (Å²) in [6.45, 7) is 1.93. The molecule has 0 aliphatic rings. The largest absolute Gasteiger partial charge is 0.424 e. The fourth-order valence-electron chi connectivity index (χ4n) is 2.45. The van der Waals surface area contributed by atoms with Gasteiger partial charge < -0.3 is 36.3 Å². The van der Waals surface area contributed by atoms with Crippen LogP contribution in [0.5, 0.6) is 0 Å². The first-order valence-electron chi connectivity index (χ1n) is 11.5. The summed E-state index contributed by atoms with van der Waals surface area (Å²) in [6, 6.07) is 28.3. The molecule has 3 aromatic carbocycles. The number of carbonyl (C=O) groups excluding carboxylic acids is 3. The number of aliphatic hydroxyl groups is 1. The van der Waals surface area contributed by atoms with Crippen molar-refractivity contribution in [3.8, 4) is 11.3 Å². The van der Waals surface area contributed by atoms with E-state index in [9.17, 15) is 9.59 Å². The molecule has 0 saturated carbocycles. The van der Waals surface area contributed by atoms with Crippen LogP contribution in [0.2, 0.25) is 0 Å². The molecular formula is C28H33Br3N4O5. The molecule has 0 aliphatic carbocycles. The van der Waals surface area contributed by atoms with E-state index in [1.54, 1.807) is 13.1 Å². The van der Waals surface area contributed by atoms with Crippen LogP contribution in [0.3, 0.4) is 0 Å². The lowest BCUT2D eigenvalue weighted by Gasteiger charge is -1.98. The maximum atomic E-state index is 10.3. The number of nitrogens with two attached hydrogens (primary N) is 3. The third-order valence-electron chi connectivity index (χ3n) is 3.98. The van der Waals surface area contributed by atoms with E-state index in [0.717, 1.165) is 29.3 Å². The summed E-state index contributed by atoms with van der Waals surface area (Å²) in [5.41, 5.74) is 16.9. The lowest BCUT2D eigenvalue weighted by Crippen LogP contribution is -2.18. The number of aromatic nitrogens is 1. The topological polar surface area (TPSA) is 176 Å². The molecule has 0 fully saturated rings. The molecule has 0 spiro atoms. The molecule has 0 radical (unpaired) electrons. The van der Waals surface area contributed by atoms with Gasteiger partial charge in [0.15, 0.2) is 5.76 Å². The lowest BCUT2D eigenvalue weighted by molar-refractivity contribution is -0.108. The standard InChI is InChI=1S/C9H8N2O.C8H7BrO.C8H8O.C2H6O.CH4N2O.Br2/c10-9-11-6-8(12-9)7-4-2-1-3-5-7;9-8(6-10)7-4-2-1-3-5-7;9-7-6-8-4-2-1-3-5-8;1-2-3;2-1(3)4;1-2/h1-6H,(H2,10,11);1-6,8H;1-5,7H,6H2;3H,2H2,1H3;(H4,2,3,4);. The number of nitrogen functional groups attached to an aromatic ring is 1. The summed E-state index contributed by atoms with van der Waals surface area (Å²) in [5, 5.41) is 7.57. The van der Waals surface area contributed by atoms with Crippen molar-refractivity contribution in [1.82, 2.24) is 4.98 Å². The van der Waals surface area contributed by atoms with Crippen molar-refractivity contribution in [2.45, 2.75) is 18.2 Å². The summed E-state index contributed by atoms with van der Waals surface area (Å²) in [5.74, 6) is 0.702. The number of anilines is 1. The van der Waals surface area contributed by atoms with Crippen LogP contribution in [-0.4, -0.2) is 35.3 Å². The third kappa shape index (κ3) is 21.6. The smallest absolute Gasteiger partial charge is 0.309 e. The minimum atomic E-state index is -0.833. The number of primary amides is 2. The van der Waals surface area contributed by atoms with Gasteiger partial charge in [-0.2, -0.15) is 0 Å². The van der Waals surface area contributed by atoms with Crippen LogP contribution in [0.1, 0.15) is 22.9 Å². The summed E-state index contributed by atoms with van der Waals surface area (Å²) in [7, 11) is 0. The molecule has 9 nitrogen and oxygen atoms in total. The van der Waals surface area contributed by atoms with Crippen LogP contribution in [0.4, 0.5) is 10.8 Å². The Morgan fingerprint density at radius 1 is 0.925 bits per heavy atom. The van der Waals surface area contributed by atoms with Crippen molar-refractivity contribution < 1.29 is 23.9 Å². The highest BCUT2D eigenvalue weighted by Crippen LogP contribution is 2.20. The highest BCUT2D eigenvalue weighted by atomic mass is 80.9. The van der Waals surface area contributed by atoms with E-state index in [2.05, 4.69) is 60.6 Å². The molecule has 0 saturated heterocycles. The maximum absolute atomic E-state index is 10.3. The molecule has 1 unspecified atom stereocenters. The average Bonchev–Trinajstić information content (AvgIpc) is 3.42. The van der Waals surface area contributed by atoms with Crippen molar-refractivity contribution in [2.75, 3.05) is 12.3 Å². The van der Waals surface area contributed by atoms with E-state index in [-0.39, 0.29) is 17.4 Å². The van der Waals surface area contributed by atoms with Gasteiger partial charge in [0, 0.05) is 46.8 Å². The van der Waals surface area contributed by atoms with E-state index in [1.807, 2.05) is 91.0 Å². The van der Waals surface area contributed by atoms with E-state index < -0.39 is 6.03 Å². The van der Waals surface area contributed by atoms with Gasteiger partial charge in [-0.3, -0.25) is 0 Å². The van der Waals surface area contributed by atoms with Gasteiger partial charge in [0.2, 0.25) is 0 Å². The molecule has 216 valence electrons. The molecule has 1 heterocycles. The number of urea groups is 1. The number of amides is 2. The van der Waals surface area contributed by atoms with Gasteiger partial charge in [-0.05, 0) is 18.1 Å². The van der Waals surface area contributed by atoms with E-state index in [1.165, 1.54) is 0 Å². The Morgan fingerprint density at radius 3 is 1.73 bits per heavy atom. The van der Waals surface area contributed by atoms with Gasteiger partial charge in [-0.1, -0.05) is 107 Å². The number of alkyl halides is 1. The number of nitrogens with zero attached hydrogens (tertiary/aromatic N) is 1. The molecule has 4 rings (SSSR count). The van der Waals surface area contributed by atoms with Gasteiger partial charge in [0.1, 0.15) is 12.6 Å². The summed E-state index contributed by atoms with van der Waals surface area (Å²) < 4.78 is 5.14. The molecule has 2 amide bonds. The Hall–Kier alpha value is -3.32. The Balaban J connectivity index is 0. The second-order valence-corrected chi connectivity index (χ2v) is 7.94. The van der Waals surface area contributed by atoms with Crippen LogP contribution in [0.25, 0.3) is 11.3 Å². The molecule has 1 aromatic heterocycles. The number of rotatable bonds is 5. The van der Waals surface area contributed by atoms with Crippen molar-refractivity contribution in [2.24, 2.45) is 11.5 Å². The van der Waals surface area contributed by atoms with Crippen molar-refractivity contribution >= 4 is 68.8 Å². The van der Waals surface area contributed by atoms with Crippen molar-refractivity contribution in [1.29, 1.82) is 0 Å². The van der Waals surface area contributed by atoms with Gasteiger partial charge in [-0.15, -0.1) is 0 Å². The van der Waals surface area contributed by atoms with Crippen LogP contribution < -0.4 is 17.2 Å². The van der Waals surface area contributed by atoms with Crippen LogP contribution in [0.15, 0.2) is 102 Å². The van der Waals surface area contributed by atoms with Gasteiger partial charge in [-0.25, -0.2) is 9.78 Å². The summed E-state index contributed by atoms with van der Waals surface area (Å²) in [4.78, 5) is 32.9. The highest BCUT2D eigenvalue weighted by molar-refractivity contribution is 9.93. The molecule has 12 heteroatoms. The van der Waals surface area contributed by atoms with Gasteiger partial charge >= 0.3 is 6.03 Å². The monoisotopic (exact) mass is 742 g/mol. The Labute approximate surface area is 258 Å². The van der Waals surface area contributed by atoms with E-state index >= 15 is 0 Å². The predicted molar refractivity (Wildman–Crippen MR) is 171 cm³/mol. The van der Waals surface area contributed by atoms with Gasteiger partial charge in [0.05, 0.1) is 11.0 Å². The Kier molecular flexibility index (Phi) is 26.5. The molecule has 7 N–H and O–H groups in total. The van der Waals surface area contributed by atoms with Crippen LogP contribution in [-0.2, 0) is 16.0 Å². The molecule has 0 bridgehead atoms. The number of oxazole rings is 1. The number of halogens is 3. The molecular weight excluding hydrogens is 712 g/mol. The average molecular weight is 745 g/mol. The third-order valence-corrected chi connectivity index (χ3v) is 4.73. The van der Waals surface area contributed by atoms with Crippen LogP contribution >= 0.6 is 44.2 Å². The van der Waals surface area contributed by atoms with Crippen molar-refractivity contribution in [3.63, 3.8) is 0 Å². The second kappa shape index (κ2) is 27.3. The first-order chi connectivity index (χ1) is 19.3. The first kappa shape index (κ1) is 38.8. The summed E-state index contributed by atoms with van der Waals surface area (Å²) in [6.07, 6.45) is 3.93. The quantitative estimate of drug-likeness (QED) is 0.135. The zero-order valence-corrected chi connectivity index (χ0v) is 26.5. The lowest BCUT2D eigenvalue weighted by atomic mass is 10.2. The number of hydrogen-bond acceptors (Lipinski definition) is 7. The number of hydrogen-bond donors (Lipinski definition) is 4.